The van der Waals surface area contributed by atoms with Crippen LogP contribution >= 0.6 is 27.5 Å². The zero-order valence-corrected chi connectivity index (χ0v) is 17.9. The number of rotatable bonds is 3. The van der Waals surface area contributed by atoms with Crippen molar-refractivity contribution in [1.82, 2.24) is 4.98 Å². The summed E-state index contributed by atoms with van der Waals surface area (Å²) in [4.78, 5) is 17.4. The van der Waals surface area contributed by atoms with Crippen molar-refractivity contribution in [1.29, 1.82) is 0 Å². The van der Waals surface area contributed by atoms with Gasteiger partial charge in [-0.15, -0.1) is 0 Å². The molecule has 0 aliphatic carbocycles. The first-order valence-corrected chi connectivity index (χ1v) is 10.4. The van der Waals surface area contributed by atoms with E-state index in [-0.39, 0.29) is 5.91 Å². The zero-order valence-electron chi connectivity index (χ0n) is 15.5. The standard InChI is InChI=1S/C24H14BrClN2O2/c25-16-9-10-20(26)19(13-16)23(29)27-17-6-3-5-15(12-17)24-28-22-18-7-2-1-4-14(18)8-11-21(22)30-24/h1-13H,(H,27,29). The van der Waals surface area contributed by atoms with E-state index >= 15 is 0 Å². The minimum absolute atomic E-state index is 0.290. The van der Waals surface area contributed by atoms with Crippen LogP contribution in [0.3, 0.4) is 0 Å². The fourth-order valence-corrected chi connectivity index (χ4v) is 3.95. The smallest absolute Gasteiger partial charge is 0.257 e. The van der Waals surface area contributed by atoms with Crippen molar-refractivity contribution in [3.8, 4) is 11.5 Å². The Morgan fingerprint density at radius 3 is 2.73 bits per heavy atom. The monoisotopic (exact) mass is 476 g/mol. The van der Waals surface area contributed by atoms with Crippen LogP contribution in [-0.4, -0.2) is 10.9 Å². The highest BCUT2D eigenvalue weighted by molar-refractivity contribution is 9.10. The number of hydrogen-bond acceptors (Lipinski definition) is 3. The van der Waals surface area contributed by atoms with E-state index in [9.17, 15) is 4.79 Å². The van der Waals surface area contributed by atoms with Crippen LogP contribution in [-0.2, 0) is 0 Å². The summed E-state index contributed by atoms with van der Waals surface area (Å²) < 4.78 is 6.77. The van der Waals surface area contributed by atoms with Gasteiger partial charge in [-0.25, -0.2) is 4.98 Å². The molecule has 0 unspecified atom stereocenters. The Morgan fingerprint density at radius 1 is 0.967 bits per heavy atom. The Hall–Kier alpha value is -3.15. The number of carbonyl (C=O) groups excluding carboxylic acids is 1. The second-order valence-electron chi connectivity index (χ2n) is 6.81. The molecule has 4 nitrogen and oxygen atoms in total. The van der Waals surface area contributed by atoms with E-state index < -0.39 is 0 Å². The molecule has 6 heteroatoms. The van der Waals surface area contributed by atoms with Gasteiger partial charge in [0.25, 0.3) is 5.91 Å². The van der Waals surface area contributed by atoms with Gasteiger partial charge >= 0.3 is 0 Å². The highest BCUT2D eigenvalue weighted by Gasteiger charge is 2.14. The Labute approximate surface area is 185 Å². The predicted molar refractivity (Wildman–Crippen MR) is 124 cm³/mol. The van der Waals surface area contributed by atoms with Gasteiger partial charge in [-0.1, -0.05) is 63.9 Å². The Balaban J connectivity index is 1.50. The second kappa shape index (κ2) is 7.59. The van der Waals surface area contributed by atoms with Crippen molar-refractivity contribution in [3.63, 3.8) is 0 Å². The number of anilines is 1. The molecule has 0 aliphatic rings. The molecule has 5 aromatic rings. The maximum absolute atomic E-state index is 12.7. The Kier molecular flexibility index (Phi) is 4.77. The topological polar surface area (TPSA) is 55.1 Å². The Bertz CT molecular complexity index is 1430. The fraction of sp³-hybridized carbons (Fsp3) is 0. The molecule has 1 aromatic heterocycles. The number of halogens is 2. The largest absolute Gasteiger partial charge is 0.436 e. The molecule has 0 spiro atoms. The Morgan fingerprint density at radius 2 is 1.83 bits per heavy atom. The predicted octanol–water partition coefficient (Wildman–Crippen LogP) is 7.32. The van der Waals surface area contributed by atoms with E-state index in [2.05, 4.69) is 21.2 Å². The second-order valence-corrected chi connectivity index (χ2v) is 8.13. The maximum Gasteiger partial charge on any atom is 0.257 e. The summed E-state index contributed by atoms with van der Waals surface area (Å²) in [6, 6.07) is 24.5. The number of nitrogens with one attached hydrogen (secondary N) is 1. The van der Waals surface area contributed by atoms with Gasteiger partial charge in [0.15, 0.2) is 5.58 Å². The molecule has 30 heavy (non-hydrogen) atoms. The first-order valence-electron chi connectivity index (χ1n) is 9.23. The first-order chi connectivity index (χ1) is 14.6. The van der Waals surface area contributed by atoms with Gasteiger partial charge < -0.3 is 9.73 Å². The number of nitrogens with zero attached hydrogens (tertiary/aromatic N) is 1. The van der Waals surface area contributed by atoms with E-state index in [4.69, 9.17) is 21.0 Å². The molecule has 0 saturated carbocycles. The van der Waals surface area contributed by atoms with E-state index in [0.29, 0.717) is 22.2 Å². The summed E-state index contributed by atoms with van der Waals surface area (Å²) in [7, 11) is 0. The molecule has 0 atom stereocenters. The summed E-state index contributed by atoms with van der Waals surface area (Å²) in [5, 5.41) is 5.42. The molecule has 0 saturated heterocycles. The number of benzene rings is 4. The number of amides is 1. The molecule has 5 rings (SSSR count). The molecule has 0 aliphatic heterocycles. The van der Waals surface area contributed by atoms with Gasteiger partial charge in [0.2, 0.25) is 5.89 Å². The van der Waals surface area contributed by atoms with Crippen molar-refractivity contribution in [2.75, 3.05) is 5.32 Å². The summed E-state index contributed by atoms with van der Waals surface area (Å²) in [5.74, 6) is 0.208. The molecule has 146 valence electrons. The SMILES string of the molecule is O=C(Nc1cccc(-c2nc3c(ccc4ccccc43)o2)c1)c1cc(Br)ccc1Cl. The normalized spacial score (nSPS) is 11.1. The fourth-order valence-electron chi connectivity index (χ4n) is 3.38. The van der Waals surface area contributed by atoms with Crippen molar-refractivity contribution in [2.24, 2.45) is 0 Å². The number of oxazole rings is 1. The van der Waals surface area contributed by atoms with Crippen LogP contribution in [0.25, 0.3) is 33.3 Å². The molecular weight excluding hydrogens is 464 g/mol. The molecule has 0 fully saturated rings. The van der Waals surface area contributed by atoms with E-state index in [0.717, 1.165) is 31.9 Å². The summed E-state index contributed by atoms with van der Waals surface area (Å²) in [5.41, 5.74) is 3.33. The van der Waals surface area contributed by atoms with Gasteiger partial charge in [0.05, 0.1) is 10.6 Å². The van der Waals surface area contributed by atoms with Crippen LogP contribution in [0, 0.1) is 0 Å². The lowest BCUT2D eigenvalue weighted by molar-refractivity contribution is 0.102. The highest BCUT2D eigenvalue weighted by Crippen LogP contribution is 2.31. The maximum atomic E-state index is 12.7. The third-order valence-corrected chi connectivity index (χ3v) is 5.65. The summed E-state index contributed by atoms with van der Waals surface area (Å²) in [6.45, 7) is 0. The van der Waals surface area contributed by atoms with Crippen LogP contribution in [0.2, 0.25) is 5.02 Å². The summed E-state index contributed by atoms with van der Waals surface area (Å²) in [6.07, 6.45) is 0. The van der Waals surface area contributed by atoms with Crippen LogP contribution < -0.4 is 5.32 Å². The van der Waals surface area contributed by atoms with Gasteiger partial charge in [-0.3, -0.25) is 4.79 Å². The van der Waals surface area contributed by atoms with Crippen molar-refractivity contribution in [2.45, 2.75) is 0 Å². The van der Waals surface area contributed by atoms with Crippen molar-refractivity contribution in [3.05, 3.63) is 93.9 Å². The average Bonchev–Trinajstić information content (AvgIpc) is 3.20. The van der Waals surface area contributed by atoms with Crippen LogP contribution in [0.4, 0.5) is 5.69 Å². The van der Waals surface area contributed by atoms with Gasteiger partial charge in [-0.2, -0.15) is 0 Å². The van der Waals surface area contributed by atoms with Crippen LogP contribution in [0.5, 0.6) is 0 Å². The summed E-state index contributed by atoms with van der Waals surface area (Å²) >= 11 is 9.54. The first kappa shape index (κ1) is 18.9. The lowest BCUT2D eigenvalue weighted by Gasteiger charge is -2.08. The third kappa shape index (κ3) is 3.47. The van der Waals surface area contributed by atoms with Gasteiger partial charge in [0.1, 0.15) is 5.52 Å². The van der Waals surface area contributed by atoms with Crippen LogP contribution in [0.15, 0.2) is 87.8 Å². The van der Waals surface area contributed by atoms with Gasteiger partial charge in [0, 0.05) is 21.1 Å². The molecule has 1 N–H and O–H groups in total. The van der Waals surface area contributed by atoms with E-state index in [1.54, 1.807) is 18.2 Å². The van der Waals surface area contributed by atoms with E-state index in [1.807, 2.05) is 60.7 Å². The quantitative estimate of drug-likeness (QED) is 0.296. The lowest BCUT2D eigenvalue weighted by atomic mass is 10.1. The van der Waals surface area contributed by atoms with Gasteiger partial charge in [-0.05, 0) is 47.9 Å². The lowest BCUT2D eigenvalue weighted by Crippen LogP contribution is -2.12. The molecular formula is C24H14BrClN2O2. The minimum atomic E-state index is -0.290. The molecule has 1 heterocycles. The number of carbonyl (C=O) groups is 1. The molecule has 0 bridgehead atoms. The highest BCUT2D eigenvalue weighted by atomic mass is 79.9. The van der Waals surface area contributed by atoms with Crippen molar-refractivity contribution >= 4 is 61.0 Å². The number of aromatic nitrogens is 1. The zero-order chi connectivity index (χ0) is 20.7. The van der Waals surface area contributed by atoms with Crippen LogP contribution in [0.1, 0.15) is 10.4 Å². The molecule has 1 amide bonds. The third-order valence-electron chi connectivity index (χ3n) is 4.82. The van der Waals surface area contributed by atoms with E-state index in [1.165, 1.54) is 0 Å². The molecule has 4 aromatic carbocycles. The minimum Gasteiger partial charge on any atom is -0.436 e. The molecule has 0 radical (unpaired) electrons. The van der Waals surface area contributed by atoms with Crippen molar-refractivity contribution < 1.29 is 9.21 Å². The number of fused-ring (bicyclic) bond motifs is 3. The number of hydrogen-bond donors (Lipinski definition) is 1. The average molecular weight is 478 g/mol.